The van der Waals surface area contributed by atoms with E-state index in [2.05, 4.69) is 20.4 Å². The number of alkyl halides is 3. The Hall–Kier alpha value is -4.54. The van der Waals surface area contributed by atoms with Crippen LogP contribution in [-0.2, 0) is 35.7 Å². The van der Waals surface area contributed by atoms with Crippen molar-refractivity contribution in [1.29, 1.82) is 0 Å². The van der Waals surface area contributed by atoms with Crippen LogP contribution in [0.15, 0.2) is 34.4 Å². The fourth-order valence-corrected chi connectivity index (χ4v) is 6.15. The second-order valence-corrected chi connectivity index (χ2v) is 12.6. The number of amides is 2. The Morgan fingerprint density at radius 3 is 2.53 bits per heavy atom. The second-order valence-electron chi connectivity index (χ2n) is 10.3. The largest absolute Gasteiger partial charge is 0.489 e. The number of amidine groups is 1. The van der Waals surface area contributed by atoms with E-state index in [1.807, 2.05) is 5.32 Å². The van der Waals surface area contributed by atoms with Crippen molar-refractivity contribution in [3.63, 3.8) is 0 Å². The number of halogens is 3. The van der Waals surface area contributed by atoms with Crippen LogP contribution in [0, 0.1) is 0 Å². The Labute approximate surface area is 268 Å². The average Bonchev–Trinajstić information content (AvgIpc) is 3.39. The summed E-state index contributed by atoms with van der Waals surface area (Å²) in [4.78, 5) is 48.7. The van der Waals surface area contributed by atoms with Gasteiger partial charge >= 0.3 is 22.4 Å². The lowest BCUT2D eigenvalue weighted by atomic mass is 10.0. The number of carboxylic acid groups (broad SMARTS) is 1. The van der Waals surface area contributed by atoms with Crippen molar-refractivity contribution in [3.8, 4) is 5.75 Å². The number of aromatic nitrogens is 1. The number of carbonyl (C=O) groups excluding carboxylic acids is 2. The summed E-state index contributed by atoms with van der Waals surface area (Å²) in [6.45, 7) is 1.99. The minimum Gasteiger partial charge on any atom is -0.489 e. The number of nitrogens with zero attached hydrogens (tertiary/aromatic N) is 4. The summed E-state index contributed by atoms with van der Waals surface area (Å²) >= 11 is -0.0525. The molecular formula is C25H29F3N8O9S2. The van der Waals surface area contributed by atoms with E-state index in [0.29, 0.717) is 17.9 Å². The fraction of sp³-hybridized carbons (Fsp3) is 0.440. The molecule has 2 aromatic rings. The van der Waals surface area contributed by atoms with Crippen molar-refractivity contribution in [2.45, 2.75) is 50.2 Å². The number of hydrogen-bond acceptors (Lipinski definition) is 13. The molecule has 22 heteroatoms. The number of nitrogen functional groups attached to an aromatic ring is 1. The predicted molar refractivity (Wildman–Crippen MR) is 159 cm³/mol. The van der Waals surface area contributed by atoms with Gasteiger partial charge in [-0.25, -0.2) is 14.1 Å². The lowest BCUT2D eigenvalue weighted by Crippen LogP contribution is -2.71. The van der Waals surface area contributed by atoms with Gasteiger partial charge in [-0.15, -0.1) is 0 Å². The van der Waals surface area contributed by atoms with E-state index in [1.54, 1.807) is 12.1 Å². The molecule has 0 bridgehead atoms. The Bertz CT molecular complexity index is 1680. The van der Waals surface area contributed by atoms with Gasteiger partial charge in [0.05, 0.1) is 12.1 Å². The van der Waals surface area contributed by atoms with Gasteiger partial charge in [-0.2, -0.15) is 21.6 Å². The van der Waals surface area contributed by atoms with Gasteiger partial charge in [0.25, 0.3) is 17.9 Å². The zero-order valence-electron chi connectivity index (χ0n) is 24.3. The lowest BCUT2D eigenvalue weighted by molar-refractivity contribution is -0.152. The maximum Gasteiger partial charge on any atom is 0.427 e. The number of nitrogens with one attached hydrogen (secondary N) is 2. The van der Waals surface area contributed by atoms with E-state index < -0.39 is 80.5 Å². The van der Waals surface area contributed by atoms with E-state index in [0.717, 1.165) is 26.3 Å². The number of nitrogens with two attached hydrogens (primary N) is 2. The molecule has 2 aliphatic heterocycles. The highest BCUT2D eigenvalue weighted by Crippen LogP contribution is 2.38. The average molecular weight is 707 g/mol. The number of β-lactam (4-membered cyclic amide) rings is 1. The summed E-state index contributed by atoms with van der Waals surface area (Å²) in [5, 5.41) is 17.6. The third kappa shape index (κ3) is 8.44. The Morgan fingerprint density at radius 2 is 1.98 bits per heavy atom. The SMILES string of the molecule is C[C@H]1[C@H](NC(=O)/C(=N\O[C@@H](COc2ccc(C(N)=N[C@H]3CCCNC3)cc2)C(=O)O)c2nc(N)sc2C(F)(F)F)C(=O)N1S(=O)(=O)O. The molecule has 4 rings (SSSR count). The summed E-state index contributed by atoms with van der Waals surface area (Å²) in [7, 11) is -4.99. The van der Waals surface area contributed by atoms with Crippen LogP contribution in [0.5, 0.6) is 5.75 Å². The normalized spacial score (nSPS) is 21.5. The van der Waals surface area contributed by atoms with Gasteiger partial charge in [0, 0.05) is 12.1 Å². The smallest absolute Gasteiger partial charge is 0.427 e. The number of benzene rings is 1. The summed E-state index contributed by atoms with van der Waals surface area (Å²) < 4.78 is 78.7. The molecule has 2 fully saturated rings. The van der Waals surface area contributed by atoms with Gasteiger partial charge in [0.1, 0.15) is 34.8 Å². The van der Waals surface area contributed by atoms with E-state index in [9.17, 15) is 41.1 Å². The van der Waals surface area contributed by atoms with Crippen molar-refractivity contribution in [3.05, 3.63) is 40.4 Å². The van der Waals surface area contributed by atoms with Gasteiger partial charge in [-0.05, 0) is 50.6 Å². The maximum atomic E-state index is 13.8. The molecule has 17 nitrogen and oxygen atoms in total. The topological polar surface area (TPSA) is 261 Å². The Kier molecular flexibility index (Phi) is 10.6. The van der Waals surface area contributed by atoms with Gasteiger partial charge in [0.15, 0.2) is 10.8 Å². The fourth-order valence-electron chi connectivity index (χ4n) is 4.57. The molecule has 4 atom stereocenters. The molecule has 2 amide bonds. The van der Waals surface area contributed by atoms with Crippen LogP contribution in [-0.4, -0.2) is 101 Å². The molecular weight excluding hydrogens is 677 g/mol. The number of aliphatic imine (C=N–C) groups is 1. The van der Waals surface area contributed by atoms with Crippen LogP contribution in [0.3, 0.4) is 0 Å². The maximum absolute atomic E-state index is 13.8. The number of hydrogen-bond donors (Lipinski definition) is 6. The highest BCUT2D eigenvalue weighted by Gasteiger charge is 2.52. The number of rotatable bonds is 12. The van der Waals surface area contributed by atoms with Crippen molar-refractivity contribution < 1.29 is 55.2 Å². The van der Waals surface area contributed by atoms with Crippen molar-refractivity contribution >= 4 is 56.1 Å². The first-order valence-electron chi connectivity index (χ1n) is 13.7. The van der Waals surface area contributed by atoms with Crippen LogP contribution < -0.4 is 26.8 Å². The molecule has 8 N–H and O–H groups in total. The van der Waals surface area contributed by atoms with E-state index >= 15 is 0 Å². The zero-order valence-corrected chi connectivity index (χ0v) is 25.9. The summed E-state index contributed by atoms with van der Waals surface area (Å²) in [5.74, 6) is -4.05. The predicted octanol–water partition coefficient (Wildman–Crippen LogP) is -0.0274. The van der Waals surface area contributed by atoms with Gasteiger partial charge in [-0.1, -0.05) is 16.5 Å². The van der Waals surface area contributed by atoms with Crippen LogP contribution in [0.4, 0.5) is 18.3 Å². The highest BCUT2D eigenvalue weighted by atomic mass is 32.2. The number of aliphatic carboxylic acids is 1. The number of anilines is 1. The van der Waals surface area contributed by atoms with Gasteiger partial charge in [-0.3, -0.25) is 19.1 Å². The monoisotopic (exact) mass is 706 g/mol. The van der Waals surface area contributed by atoms with Gasteiger partial charge < -0.3 is 36.8 Å². The molecule has 1 aromatic heterocycles. The Morgan fingerprint density at radius 1 is 1.30 bits per heavy atom. The molecule has 256 valence electrons. The van der Waals surface area contributed by atoms with Crippen LogP contribution in [0.2, 0.25) is 0 Å². The first-order chi connectivity index (χ1) is 22.0. The van der Waals surface area contributed by atoms with Crippen molar-refractivity contribution in [2.24, 2.45) is 15.9 Å². The second kappa shape index (κ2) is 14.1. The first kappa shape index (κ1) is 35.3. The molecule has 47 heavy (non-hydrogen) atoms. The molecule has 0 aliphatic carbocycles. The highest BCUT2D eigenvalue weighted by molar-refractivity contribution is 7.84. The summed E-state index contributed by atoms with van der Waals surface area (Å²) in [6.07, 6.45) is -5.23. The minimum atomic E-state index is -5.10. The molecule has 0 spiro atoms. The molecule has 3 heterocycles. The summed E-state index contributed by atoms with van der Waals surface area (Å²) in [6, 6.07) is 3.16. The quantitative estimate of drug-likeness (QED) is 0.0558. The van der Waals surface area contributed by atoms with E-state index in [4.69, 9.17) is 25.6 Å². The lowest BCUT2D eigenvalue weighted by Gasteiger charge is -2.42. The molecule has 1 aromatic carbocycles. The van der Waals surface area contributed by atoms with Crippen LogP contribution in [0.25, 0.3) is 0 Å². The van der Waals surface area contributed by atoms with Crippen molar-refractivity contribution in [1.82, 2.24) is 19.9 Å². The number of carbonyl (C=O) groups is 3. The number of ether oxygens (including phenoxy) is 1. The van der Waals surface area contributed by atoms with E-state index in [1.165, 1.54) is 12.1 Å². The van der Waals surface area contributed by atoms with Crippen LogP contribution in [0.1, 0.15) is 35.9 Å². The van der Waals surface area contributed by atoms with E-state index in [-0.39, 0.29) is 27.4 Å². The molecule has 0 radical (unpaired) electrons. The molecule has 2 saturated heterocycles. The zero-order chi connectivity index (χ0) is 34.7. The standard InChI is InChI=1S/C25H29F3N8O9S2/c1-11-16(22(38)36(11)47(41,42)43)33-21(37)18(17-19(25(26,27)28)46-24(30)34-17)35-45-15(23(39)40)10-44-14-6-4-12(5-7-14)20(29)32-13-3-2-8-31-9-13/h4-7,11,13,15-16,31H,2-3,8-10H2,1H3,(H2,29,32)(H2,30,34)(H,33,37)(H,39,40)(H,41,42,43)/b35-18-/t11-,13-,15-,16-/m0/s1. The number of oxime groups is 1. The first-order valence-corrected chi connectivity index (χ1v) is 15.9. The van der Waals surface area contributed by atoms with Crippen LogP contribution >= 0.6 is 11.3 Å². The number of piperidine rings is 1. The number of carboxylic acids is 1. The van der Waals surface area contributed by atoms with Gasteiger partial charge in [0.2, 0.25) is 0 Å². The molecule has 0 unspecified atom stereocenters. The minimum absolute atomic E-state index is 0.0256. The number of thiazole rings is 1. The molecule has 0 saturated carbocycles. The van der Waals surface area contributed by atoms with Crippen molar-refractivity contribution in [2.75, 3.05) is 25.4 Å². The third-order valence-corrected chi connectivity index (χ3v) is 8.84. The molecule has 2 aliphatic rings. The third-order valence-electron chi connectivity index (χ3n) is 6.90. The Balaban J connectivity index is 1.52. The summed E-state index contributed by atoms with van der Waals surface area (Å²) in [5.41, 5.74) is 9.75.